The molecule has 1 aliphatic heterocycles. The average molecular weight is 380 g/mol. The highest BCUT2D eigenvalue weighted by Crippen LogP contribution is 2.51. The third-order valence-electron chi connectivity index (χ3n) is 6.11. The lowest BCUT2D eigenvalue weighted by Gasteiger charge is -2.26. The molecule has 0 aromatic heterocycles. The van der Waals surface area contributed by atoms with E-state index in [4.69, 9.17) is 0 Å². The summed E-state index contributed by atoms with van der Waals surface area (Å²) in [5.41, 5.74) is 2.15. The minimum atomic E-state index is -0.429. The van der Waals surface area contributed by atoms with E-state index >= 15 is 0 Å². The van der Waals surface area contributed by atoms with E-state index in [0.29, 0.717) is 12.2 Å². The molecule has 1 spiro atoms. The standard InChI is InChI=1S/C23H25FN2O2/c1-16(27)25-20(17-8-3-2-4-9-17)14-21(28)26-15-23(12-5-6-13-23)18-10-7-11-19(24)22(18)26/h2-4,7-11,20H,5-6,12-15H2,1H3,(H,25,27). The zero-order chi connectivity index (χ0) is 19.7. The average Bonchev–Trinajstić information content (AvgIpc) is 3.28. The van der Waals surface area contributed by atoms with Gasteiger partial charge in [0.05, 0.1) is 18.2 Å². The third kappa shape index (κ3) is 3.30. The molecule has 146 valence electrons. The van der Waals surface area contributed by atoms with E-state index in [0.717, 1.165) is 36.8 Å². The number of hydrogen-bond acceptors (Lipinski definition) is 2. The van der Waals surface area contributed by atoms with E-state index in [-0.39, 0.29) is 29.5 Å². The second-order valence-corrected chi connectivity index (χ2v) is 7.97. The van der Waals surface area contributed by atoms with Gasteiger partial charge in [-0.2, -0.15) is 0 Å². The van der Waals surface area contributed by atoms with Gasteiger partial charge in [-0.05, 0) is 30.0 Å². The first-order chi connectivity index (χ1) is 13.5. The molecule has 1 unspecified atom stereocenters. The lowest BCUT2D eigenvalue weighted by atomic mass is 9.81. The van der Waals surface area contributed by atoms with Crippen molar-refractivity contribution >= 4 is 17.5 Å². The van der Waals surface area contributed by atoms with E-state index < -0.39 is 6.04 Å². The van der Waals surface area contributed by atoms with Gasteiger partial charge in [0.25, 0.3) is 0 Å². The Morgan fingerprint density at radius 1 is 1.11 bits per heavy atom. The number of halogens is 1. The molecule has 5 heteroatoms. The van der Waals surface area contributed by atoms with Gasteiger partial charge in [0.2, 0.25) is 11.8 Å². The van der Waals surface area contributed by atoms with Crippen molar-refractivity contribution in [2.45, 2.75) is 50.5 Å². The smallest absolute Gasteiger partial charge is 0.229 e. The van der Waals surface area contributed by atoms with Gasteiger partial charge in [-0.1, -0.05) is 55.3 Å². The molecule has 0 bridgehead atoms. The molecule has 28 heavy (non-hydrogen) atoms. The van der Waals surface area contributed by atoms with Crippen LogP contribution in [0.5, 0.6) is 0 Å². The van der Waals surface area contributed by atoms with Crippen LogP contribution >= 0.6 is 0 Å². The predicted molar refractivity (Wildman–Crippen MR) is 107 cm³/mol. The lowest BCUT2D eigenvalue weighted by Crippen LogP contribution is -2.38. The van der Waals surface area contributed by atoms with Crippen LogP contribution in [0.15, 0.2) is 48.5 Å². The van der Waals surface area contributed by atoms with Gasteiger partial charge in [-0.15, -0.1) is 0 Å². The van der Waals surface area contributed by atoms with Gasteiger partial charge in [-0.3, -0.25) is 9.59 Å². The molecule has 2 aromatic carbocycles. The summed E-state index contributed by atoms with van der Waals surface area (Å²) in [7, 11) is 0. The summed E-state index contributed by atoms with van der Waals surface area (Å²) in [5.74, 6) is -0.690. The minimum absolute atomic E-state index is 0.105. The SMILES string of the molecule is CC(=O)NC(CC(=O)N1CC2(CCCC2)c2cccc(F)c21)c1ccccc1. The van der Waals surface area contributed by atoms with E-state index in [1.807, 2.05) is 36.4 Å². The highest BCUT2D eigenvalue weighted by Gasteiger charge is 2.47. The molecule has 1 heterocycles. The normalized spacial score (nSPS) is 18.1. The maximum absolute atomic E-state index is 14.7. The van der Waals surface area contributed by atoms with Crippen molar-refractivity contribution < 1.29 is 14.0 Å². The molecule has 1 fully saturated rings. The maximum atomic E-state index is 14.7. The summed E-state index contributed by atoms with van der Waals surface area (Å²) < 4.78 is 14.7. The summed E-state index contributed by atoms with van der Waals surface area (Å²) in [6.07, 6.45) is 4.29. The Labute approximate surface area is 164 Å². The number of benzene rings is 2. The summed E-state index contributed by atoms with van der Waals surface area (Å²) >= 11 is 0. The molecular weight excluding hydrogens is 355 g/mol. The fourth-order valence-corrected chi connectivity index (χ4v) is 4.84. The zero-order valence-electron chi connectivity index (χ0n) is 16.1. The molecule has 2 aliphatic rings. The van der Waals surface area contributed by atoms with Gasteiger partial charge in [-0.25, -0.2) is 4.39 Å². The molecule has 2 amide bonds. The second kappa shape index (κ2) is 7.38. The van der Waals surface area contributed by atoms with Gasteiger partial charge >= 0.3 is 0 Å². The van der Waals surface area contributed by atoms with Crippen LogP contribution in [-0.4, -0.2) is 18.4 Å². The molecule has 4 rings (SSSR count). The Balaban J connectivity index is 1.64. The number of hydrogen-bond donors (Lipinski definition) is 1. The van der Waals surface area contributed by atoms with E-state index in [9.17, 15) is 14.0 Å². The largest absolute Gasteiger partial charge is 0.349 e. The van der Waals surface area contributed by atoms with Gasteiger partial charge in [0.15, 0.2) is 0 Å². The van der Waals surface area contributed by atoms with Crippen LogP contribution in [0.4, 0.5) is 10.1 Å². The van der Waals surface area contributed by atoms with Crippen molar-refractivity contribution in [3.63, 3.8) is 0 Å². The van der Waals surface area contributed by atoms with Crippen LogP contribution < -0.4 is 10.2 Å². The van der Waals surface area contributed by atoms with E-state index in [1.54, 1.807) is 11.0 Å². The molecule has 4 nitrogen and oxygen atoms in total. The van der Waals surface area contributed by atoms with Crippen LogP contribution in [0.25, 0.3) is 0 Å². The molecule has 1 atom stereocenters. The number of nitrogens with zero attached hydrogens (tertiary/aromatic N) is 1. The van der Waals surface area contributed by atoms with Crippen LogP contribution in [0, 0.1) is 5.82 Å². The van der Waals surface area contributed by atoms with Crippen molar-refractivity contribution in [2.75, 3.05) is 11.4 Å². The molecule has 2 aromatic rings. The number of para-hydroxylation sites is 1. The number of nitrogens with one attached hydrogen (secondary N) is 1. The Kier molecular flexibility index (Phi) is 4.92. The van der Waals surface area contributed by atoms with Gasteiger partial charge in [0, 0.05) is 18.9 Å². The number of fused-ring (bicyclic) bond motifs is 2. The quantitative estimate of drug-likeness (QED) is 0.862. The molecule has 1 N–H and O–H groups in total. The predicted octanol–water partition coefficient (Wildman–Crippen LogP) is 4.25. The van der Waals surface area contributed by atoms with E-state index in [1.165, 1.54) is 13.0 Å². The Hall–Kier alpha value is -2.69. The third-order valence-corrected chi connectivity index (χ3v) is 6.11. The Morgan fingerprint density at radius 2 is 1.82 bits per heavy atom. The first-order valence-electron chi connectivity index (χ1n) is 9.92. The highest BCUT2D eigenvalue weighted by atomic mass is 19.1. The highest BCUT2D eigenvalue weighted by molar-refractivity contribution is 5.97. The number of carbonyl (C=O) groups is 2. The van der Waals surface area contributed by atoms with Crippen LogP contribution in [-0.2, 0) is 15.0 Å². The van der Waals surface area contributed by atoms with Crippen LogP contribution in [0.1, 0.15) is 56.2 Å². The van der Waals surface area contributed by atoms with Gasteiger partial charge in [0.1, 0.15) is 5.82 Å². The molecule has 0 saturated heterocycles. The van der Waals surface area contributed by atoms with Crippen molar-refractivity contribution in [1.82, 2.24) is 5.32 Å². The Morgan fingerprint density at radius 3 is 2.50 bits per heavy atom. The molecule has 0 radical (unpaired) electrons. The number of rotatable bonds is 4. The van der Waals surface area contributed by atoms with Crippen LogP contribution in [0.3, 0.4) is 0 Å². The number of anilines is 1. The van der Waals surface area contributed by atoms with E-state index in [2.05, 4.69) is 5.32 Å². The van der Waals surface area contributed by atoms with Crippen molar-refractivity contribution in [3.05, 3.63) is 65.5 Å². The Bertz CT molecular complexity index is 891. The summed E-state index contributed by atoms with van der Waals surface area (Å²) in [6.45, 7) is 1.97. The summed E-state index contributed by atoms with van der Waals surface area (Å²) in [6, 6.07) is 14.2. The monoisotopic (exact) mass is 380 g/mol. The molecular formula is C23H25FN2O2. The van der Waals surface area contributed by atoms with Crippen molar-refractivity contribution in [3.8, 4) is 0 Å². The number of amides is 2. The topological polar surface area (TPSA) is 49.4 Å². The summed E-state index contributed by atoms with van der Waals surface area (Å²) in [5, 5.41) is 2.87. The fraction of sp³-hybridized carbons (Fsp3) is 0.391. The first-order valence-corrected chi connectivity index (χ1v) is 9.92. The van der Waals surface area contributed by atoms with Gasteiger partial charge < -0.3 is 10.2 Å². The molecule has 1 saturated carbocycles. The lowest BCUT2D eigenvalue weighted by molar-refractivity contribution is -0.121. The first kappa shape index (κ1) is 18.7. The summed E-state index contributed by atoms with van der Waals surface area (Å²) in [4.78, 5) is 26.6. The second-order valence-electron chi connectivity index (χ2n) is 7.97. The maximum Gasteiger partial charge on any atom is 0.229 e. The zero-order valence-corrected chi connectivity index (χ0v) is 16.1. The van der Waals surface area contributed by atoms with Crippen molar-refractivity contribution in [1.29, 1.82) is 0 Å². The minimum Gasteiger partial charge on any atom is -0.349 e. The fourth-order valence-electron chi connectivity index (χ4n) is 4.84. The van der Waals surface area contributed by atoms with Crippen LogP contribution in [0.2, 0.25) is 0 Å². The van der Waals surface area contributed by atoms with Crippen molar-refractivity contribution in [2.24, 2.45) is 0 Å². The number of carbonyl (C=O) groups excluding carboxylic acids is 2. The molecule has 1 aliphatic carbocycles.